The maximum absolute atomic E-state index is 14.4. The third kappa shape index (κ3) is 17.2. The predicted molar refractivity (Wildman–Crippen MR) is 265 cm³/mol. The van der Waals surface area contributed by atoms with E-state index in [1.54, 1.807) is 0 Å². The van der Waals surface area contributed by atoms with E-state index in [-0.39, 0.29) is 43.7 Å². The van der Waals surface area contributed by atoms with Crippen LogP contribution in [0.5, 0.6) is 5.75 Å². The highest BCUT2D eigenvalue weighted by Crippen LogP contribution is 2.27. The number of amides is 7. The number of nitrogens with zero attached hydrogens (tertiary/aromatic N) is 2. The number of hydrogen-bond donors (Lipinski definition) is 15. The van der Waals surface area contributed by atoms with Gasteiger partial charge in [-0.15, -0.1) is 0 Å². The zero-order chi connectivity index (χ0) is 55.0. The van der Waals surface area contributed by atoms with Crippen LogP contribution in [0.3, 0.4) is 0 Å². The summed E-state index contributed by atoms with van der Waals surface area (Å²) in [5.74, 6) is -6.88. The summed E-state index contributed by atoms with van der Waals surface area (Å²) in [5, 5.41) is 111. The molecule has 0 saturated carbocycles. The normalized spacial score (nSPS) is 29.3. The lowest BCUT2D eigenvalue weighted by Crippen LogP contribution is -2.64. The van der Waals surface area contributed by atoms with Crippen molar-refractivity contribution in [1.82, 2.24) is 36.4 Å². The molecule has 4 rings (SSSR count). The van der Waals surface area contributed by atoms with E-state index in [1.165, 1.54) is 18.6 Å². The fourth-order valence-corrected chi connectivity index (χ4v) is 9.81. The number of carbonyl (C=O) groups is 7. The smallest absolute Gasteiger partial charge is 0.248 e. The van der Waals surface area contributed by atoms with Crippen LogP contribution in [0.2, 0.25) is 0 Å². The van der Waals surface area contributed by atoms with E-state index in [0.717, 1.165) is 67.4 Å². The molecule has 0 aliphatic carbocycles. The number of aliphatic hydroxyl groups excluding tert-OH is 8. The summed E-state index contributed by atoms with van der Waals surface area (Å²) in [6.07, 6.45) is -8.51. The van der Waals surface area contributed by atoms with Crippen molar-refractivity contribution in [3.05, 3.63) is 29.8 Å². The summed E-state index contributed by atoms with van der Waals surface area (Å²) in [6.45, 7) is 6.67. The lowest BCUT2D eigenvalue weighted by molar-refractivity contribution is -0.149. The van der Waals surface area contributed by atoms with Crippen molar-refractivity contribution in [2.24, 2.45) is 17.6 Å². The molecule has 3 fully saturated rings. The second-order valence-electron chi connectivity index (χ2n) is 20.5. The zero-order valence-electron chi connectivity index (χ0n) is 42.9. The van der Waals surface area contributed by atoms with Gasteiger partial charge in [0.1, 0.15) is 60.3 Å². The lowest BCUT2D eigenvalue weighted by atomic mass is 9.91. The summed E-state index contributed by atoms with van der Waals surface area (Å²) in [6, 6.07) is -6.71. The molecule has 2 unspecified atom stereocenters. The molecule has 0 bridgehead atoms. The van der Waals surface area contributed by atoms with Gasteiger partial charge in [0.05, 0.1) is 24.4 Å². The number of unbranched alkanes of at least 4 members (excludes halogenated alkanes) is 5. The first-order chi connectivity index (χ1) is 35.0. The van der Waals surface area contributed by atoms with Gasteiger partial charge in [-0.1, -0.05) is 77.8 Å². The number of nitrogens with two attached hydrogens (primary N) is 1. The molecule has 3 aliphatic heterocycles. The number of phenolic OH excluding ortho intramolecular Hbond substituents is 1. The monoisotopic (exact) mass is 1050 g/mol. The minimum atomic E-state index is -2.29. The molecule has 418 valence electrons. The van der Waals surface area contributed by atoms with E-state index < -0.39 is 146 Å². The Bertz CT molecular complexity index is 2020. The van der Waals surface area contributed by atoms with Crippen LogP contribution in [0.15, 0.2) is 24.3 Å². The number of hydrogen-bond acceptors (Lipinski definition) is 17. The molecule has 24 nitrogen and oxygen atoms in total. The molecule has 3 heterocycles. The highest BCUT2D eigenvalue weighted by atomic mass is 16.3. The maximum atomic E-state index is 14.4. The van der Waals surface area contributed by atoms with E-state index in [0.29, 0.717) is 24.7 Å². The maximum Gasteiger partial charge on any atom is 0.248 e. The van der Waals surface area contributed by atoms with Gasteiger partial charge in [0.15, 0.2) is 6.23 Å². The number of benzene rings is 1. The van der Waals surface area contributed by atoms with Gasteiger partial charge in [-0.3, -0.25) is 33.6 Å². The number of aliphatic hydroxyl groups is 8. The Morgan fingerprint density at radius 2 is 1.32 bits per heavy atom. The summed E-state index contributed by atoms with van der Waals surface area (Å²) >= 11 is 0. The summed E-state index contributed by atoms with van der Waals surface area (Å²) in [7, 11) is 0. The minimum Gasteiger partial charge on any atom is -0.508 e. The SMILES string of the molecule is CCC(C)CC(C)CCCCCCCCC(=O)N[C@H]1C[C@@H](O)[C@@H](O)NC(=O)[C@@H]2[C@@H](O)CCN2C(=O)[C@H]([C@H](O)CCN)NC(=O)[C@H]([C@H](O)[C@@H](O)c2ccc(O)cc2)NC(=O)[C@@H]2C[C@@H](O)CN2C(=O)[C@H]([C@@H](C)O)NC1=O. The molecule has 0 aromatic heterocycles. The number of aromatic hydroxyl groups is 1. The van der Waals surface area contributed by atoms with Gasteiger partial charge < -0.3 is 88.1 Å². The molecule has 74 heavy (non-hydrogen) atoms. The van der Waals surface area contributed by atoms with E-state index in [4.69, 9.17) is 5.73 Å². The fraction of sp³-hybridized carbons (Fsp3) is 0.740. The van der Waals surface area contributed by atoms with Crippen LogP contribution in [0, 0.1) is 11.8 Å². The average Bonchev–Trinajstić information content (AvgIpc) is 3.95. The first-order valence-electron chi connectivity index (χ1n) is 26.0. The van der Waals surface area contributed by atoms with Crippen molar-refractivity contribution < 1.29 is 79.5 Å². The first kappa shape index (κ1) is 61.5. The number of nitrogens with one attached hydrogen (secondary N) is 5. The molecule has 0 radical (unpaired) electrons. The predicted octanol–water partition coefficient (Wildman–Crippen LogP) is -2.87. The van der Waals surface area contributed by atoms with E-state index in [1.807, 2.05) is 0 Å². The Kier molecular flexibility index (Phi) is 24.4. The standard InChI is InChI=1S/C50H82N8O16/c1-5-26(2)22-27(3)12-10-8-6-7-9-11-13-37(65)52-32-24-36(64)46(70)56-48(72)41-35(63)19-21-57(41)50(74)39(34(62)18-20-51)54-47(71)40(43(67)42(66)29-14-16-30(60)17-15-29)55-45(69)33-23-31(61)25-58(33)49(73)38(28(4)59)53-44(32)68/h14-17,26-28,31-36,38-43,46,59-64,66-67,70H,5-13,18-25,51H2,1-4H3,(H,52,65)(H,53,68)(H,54,71)(H,55,69)(H,56,72)/t26?,27?,28-,31-,32+,33+,34-,35+,36-,38+,39+,40+,41+,42+,43+,46-/m1/s1. The van der Waals surface area contributed by atoms with E-state index >= 15 is 0 Å². The van der Waals surface area contributed by atoms with Crippen molar-refractivity contribution in [1.29, 1.82) is 0 Å². The van der Waals surface area contributed by atoms with Crippen LogP contribution in [-0.2, 0) is 33.6 Å². The van der Waals surface area contributed by atoms with Crippen LogP contribution in [0.4, 0.5) is 0 Å². The van der Waals surface area contributed by atoms with Gasteiger partial charge in [-0.2, -0.15) is 0 Å². The molecule has 3 aliphatic rings. The molecular formula is C50H82N8O16. The van der Waals surface area contributed by atoms with Crippen LogP contribution in [0.25, 0.3) is 0 Å². The third-order valence-corrected chi connectivity index (χ3v) is 14.4. The molecule has 24 heteroatoms. The van der Waals surface area contributed by atoms with Crippen molar-refractivity contribution in [2.45, 2.75) is 203 Å². The highest BCUT2D eigenvalue weighted by Gasteiger charge is 2.49. The molecule has 0 spiro atoms. The highest BCUT2D eigenvalue weighted by molar-refractivity contribution is 5.98. The Balaban J connectivity index is 1.68. The molecule has 3 saturated heterocycles. The topological polar surface area (TPSA) is 394 Å². The van der Waals surface area contributed by atoms with Crippen LogP contribution in [0.1, 0.15) is 129 Å². The zero-order valence-corrected chi connectivity index (χ0v) is 42.9. The molecule has 7 amide bonds. The van der Waals surface area contributed by atoms with Crippen LogP contribution >= 0.6 is 0 Å². The third-order valence-electron chi connectivity index (χ3n) is 14.4. The Hall–Kier alpha value is -5.05. The Morgan fingerprint density at radius 3 is 1.96 bits per heavy atom. The molecule has 1 aromatic rings. The number of fused-ring (bicyclic) bond motifs is 2. The summed E-state index contributed by atoms with van der Waals surface area (Å²) in [4.78, 5) is 100. The summed E-state index contributed by atoms with van der Waals surface area (Å²) in [5.41, 5.74) is 5.63. The number of rotatable bonds is 20. The van der Waals surface area contributed by atoms with Crippen molar-refractivity contribution in [2.75, 3.05) is 19.6 Å². The van der Waals surface area contributed by atoms with Gasteiger partial charge in [-0.05, 0) is 68.7 Å². The number of carbonyl (C=O) groups excluding carboxylic acids is 7. The average molecular weight is 1050 g/mol. The molecule has 16 N–H and O–H groups in total. The minimum absolute atomic E-state index is 0.0598. The number of phenols is 1. The largest absolute Gasteiger partial charge is 0.508 e. The van der Waals surface area contributed by atoms with Crippen LogP contribution in [-0.4, -0.2) is 196 Å². The van der Waals surface area contributed by atoms with E-state index in [9.17, 15) is 79.5 Å². The van der Waals surface area contributed by atoms with Crippen molar-refractivity contribution in [3.8, 4) is 5.75 Å². The van der Waals surface area contributed by atoms with Crippen LogP contribution < -0.4 is 32.3 Å². The lowest BCUT2D eigenvalue weighted by Gasteiger charge is -2.34. The Morgan fingerprint density at radius 1 is 0.716 bits per heavy atom. The van der Waals surface area contributed by atoms with E-state index in [2.05, 4.69) is 47.4 Å². The molecular weight excluding hydrogens is 969 g/mol. The fourth-order valence-electron chi connectivity index (χ4n) is 9.81. The van der Waals surface area contributed by atoms with Gasteiger partial charge in [0, 0.05) is 32.4 Å². The van der Waals surface area contributed by atoms with Gasteiger partial charge in [0.2, 0.25) is 41.4 Å². The van der Waals surface area contributed by atoms with Crippen molar-refractivity contribution in [3.63, 3.8) is 0 Å². The van der Waals surface area contributed by atoms with Gasteiger partial charge in [-0.25, -0.2) is 0 Å². The van der Waals surface area contributed by atoms with Gasteiger partial charge in [0.25, 0.3) is 0 Å². The first-order valence-corrected chi connectivity index (χ1v) is 26.0. The Labute approximate surface area is 431 Å². The second kappa shape index (κ2) is 29.3. The van der Waals surface area contributed by atoms with Crippen molar-refractivity contribution >= 4 is 41.4 Å². The summed E-state index contributed by atoms with van der Waals surface area (Å²) < 4.78 is 0. The molecule has 1 aromatic carbocycles. The van der Waals surface area contributed by atoms with Gasteiger partial charge >= 0.3 is 0 Å². The second-order valence-corrected chi connectivity index (χ2v) is 20.5. The molecule has 16 atom stereocenters. The quantitative estimate of drug-likeness (QED) is 0.0584.